The first-order chi connectivity index (χ1) is 9.60. The van der Waals surface area contributed by atoms with Crippen molar-refractivity contribution in [2.45, 2.75) is 26.3 Å². The van der Waals surface area contributed by atoms with E-state index in [1.54, 1.807) is 19.2 Å². The van der Waals surface area contributed by atoms with Gasteiger partial charge in [-0.25, -0.2) is 4.39 Å². The van der Waals surface area contributed by atoms with Gasteiger partial charge in [0.05, 0.1) is 7.11 Å². The average molecular weight is 273 g/mol. The van der Waals surface area contributed by atoms with E-state index in [4.69, 9.17) is 4.74 Å². The second-order valence-electron chi connectivity index (χ2n) is 5.09. The van der Waals surface area contributed by atoms with Gasteiger partial charge in [0.25, 0.3) is 0 Å². The number of hydrogen-bond acceptors (Lipinski definition) is 2. The summed E-state index contributed by atoms with van der Waals surface area (Å²) in [6.45, 7) is 5.00. The molecule has 0 unspecified atom stereocenters. The molecule has 0 bridgehead atoms. The van der Waals surface area contributed by atoms with E-state index in [1.165, 1.54) is 23.3 Å². The monoisotopic (exact) mass is 273 g/mol. The number of rotatable bonds is 5. The largest absolute Gasteiger partial charge is 0.496 e. The van der Waals surface area contributed by atoms with Crippen LogP contribution in [0, 0.1) is 5.82 Å². The Labute approximate surface area is 119 Å². The van der Waals surface area contributed by atoms with Gasteiger partial charge in [-0.2, -0.15) is 0 Å². The maximum Gasteiger partial charge on any atom is 0.123 e. The molecule has 0 saturated carbocycles. The SMILES string of the molecule is COc1ccc(CNc2ccc(F)cc2)cc1C(C)C. The normalized spacial score (nSPS) is 10.7. The van der Waals surface area contributed by atoms with E-state index < -0.39 is 0 Å². The number of anilines is 1. The Bertz CT molecular complexity index is 564. The Morgan fingerprint density at radius 1 is 1.10 bits per heavy atom. The minimum absolute atomic E-state index is 0.220. The van der Waals surface area contributed by atoms with E-state index >= 15 is 0 Å². The first-order valence-electron chi connectivity index (χ1n) is 6.76. The summed E-state index contributed by atoms with van der Waals surface area (Å²) in [7, 11) is 1.69. The van der Waals surface area contributed by atoms with Gasteiger partial charge < -0.3 is 10.1 Å². The first kappa shape index (κ1) is 14.4. The lowest BCUT2D eigenvalue weighted by Crippen LogP contribution is -2.02. The summed E-state index contributed by atoms with van der Waals surface area (Å²) in [6, 6.07) is 12.6. The van der Waals surface area contributed by atoms with E-state index in [0.717, 1.165) is 11.4 Å². The van der Waals surface area contributed by atoms with Gasteiger partial charge in [0.1, 0.15) is 11.6 Å². The molecule has 0 aliphatic carbocycles. The highest BCUT2D eigenvalue weighted by atomic mass is 19.1. The highest BCUT2D eigenvalue weighted by Crippen LogP contribution is 2.27. The van der Waals surface area contributed by atoms with Crippen LogP contribution in [0.2, 0.25) is 0 Å². The lowest BCUT2D eigenvalue weighted by atomic mass is 9.99. The minimum Gasteiger partial charge on any atom is -0.496 e. The standard InChI is InChI=1S/C17H20FNO/c1-12(2)16-10-13(4-9-17(16)20-3)11-19-15-7-5-14(18)6-8-15/h4-10,12,19H,11H2,1-3H3. The highest BCUT2D eigenvalue weighted by Gasteiger charge is 2.08. The van der Waals surface area contributed by atoms with E-state index in [9.17, 15) is 4.39 Å². The van der Waals surface area contributed by atoms with Gasteiger partial charge in [-0.3, -0.25) is 0 Å². The fourth-order valence-corrected chi connectivity index (χ4v) is 2.12. The van der Waals surface area contributed by atoms with Gasteiger partial charge in [0.15, 0.2) is 0 Å². The number of halogens is 1. The van der Waals surface area contributed by atoms with Crippen molar-refractivity contribution < 1.29 is 9.13 Å². The van der Waals surface area contributed by atoms with Crippen molar-refractivity contribution in [1.82, 2.24) is 0 Å². The third-order valence-corrected chi connectivity index (χ3v) is 3.26. The highest BCUT2D eigenvalue weighted by molar-refractivity contribution is 5.45. The third kappa shape index (κ3) is 3.50. The molecule has 3 heteroatoms. The Morgan fingerprint density at radius 3 is 2.40 bits per heavy atom. The summed E-state index contributed by atoms with van der Waals surface area (Å²) < 4.78 is 18.2. The van der Waals surface area contributed by atoms with Crippen molar-refractivity contribution in [3.63, 3.8) is 0 Å². The van der Waals surface area contributed by atoms with E-state index in [1.807, 2.05) is 12.1 Å². The molecule has 0 aliphatic rings. The van der Waals surface area contributed by atoms with Crippen molar-refractivity contribution >= 4 is 5.69 Å². The molecule has 2 aromatic rings. The third-order valence-electron chi connectivity index (χ3n) is 3.26. The Morgan fingerprint density at radius 2 is 1.80 bits per heavy atom. The minimum atomic E-state index is -0.220. The van der Waals surface area contributed by atoms with E-state index in [-0.39, 0.29) is 5.82 Å². The van der Waals surface area contributed by atoms with Gasteiger partial charge in [0.2, 0.25) is 0 Å². The van der Waals surface area contributed by atoms with Crippen LogP contribution in [0.25, 0.3) is 0 Å². The summed E-state index contributed by atoms with van der Waals surface area (Å²) in [5.41, 5.74) is 3.29. The summed E-state index contributed by atoms with van der Waals surface area (Å²) in [5.74, 6) is 1.11. The molecule has 2 rings (SSSR count). The number of hydrogen-bond donors (Lipinski definition) is 1. The van der Waals surface area contributed by atoms with Crippen molar-refractivity contribution in [2.24, 2.45) is 0 Å². The zero-order valence-electron chi connectivity index (χ0n) is 12.1. The summed E-state index contributed by atoms with van der Waals surface area (Å²) in [4.78, 5) is 0. The molecule has 0 amide bonds. The molecule has 0 aliphatic heterocycles. The number of methoxy groups -OCH3 is 1. The predicted octanol–water partition coefficient (Wildman–Crippen LogP) is 4.57. The Balaban J connectivity index is 2.09. The van der Waals surface area contributed by atoms with Crippen LogP contribution >= 0.6 is 0 Å². The number of ether oxygens (including phenoxy) is 1. The zero-order valence-corrected chi connectivity index (χ0v) is 12.1. The number of benzene rings is 2. The summed E-state index contributed by atoms with van der Waals surface area (Å²) in [5, 5.41) is 3.28. The van der Waals surface area contributed by atoms with E-state index in [2.05, 4.69) is 25.2 Å². The zero-order chi connectivity index (χ0) is 14.5. The van der Waals surface area contributed by atoms with Gasteiger partial charge in [-0.05, 0) is 47.4 Å². The van der Waals surface area contributed by atoms with Crippen LogP contribution in [-0.4, -0.2) is 7.11 Å². The van der Waals surface area contributed by atoms with Crippen LogP contribution in [0.1, 0.15) is 30.9 Å². The lowest BCUT2D eigenvalue weighted by Gasteiger charge is -2.14. The Kier molecular flexibility index (Phi) is 4.61. The molecule has 0 aromatic heterocycles. The maximum atomic E-state index is 12.8. The van der Waals surface area contributed by atoms with Crippen LogP contribution in [0.3, 0.4) is 0 Å². The molecular weight excluding hydrogens is 253 g/mol. The van der Waals surface area contributed by atoms with Crippen molar-refractivity contribution in [3.05, 3.63) is 59.4 Å². The van der Waals surface area contributed by atoms with Crippen molar-refractivity contribution in [3.8, 4) is 5.75 Å². The quantitative estimate of drug-likeness (QED) is 0.861. The first-order valence-corrected chi connectivity index (χ1v) is 6.76. The van der Waals surface area contributed by atoms with Crippen molar-refractivity contribution in [1.29, 1.82) is 0 Å². The molecule has 2 aromatic carbocycles. The van der Waals surface area contributed by atoms with Crippen LogP contribution in [-0.2, 0) is 6.54 Å². The second-order valence-corrected chi connectivity index (χ2v) is 5.09. The van der Waals surface area contributed by atoms with Crippen LogP contribution in [0.15, 0.2) is 42.5 Å². The van der Waals surface area contributed by atoms with E-state index in [0.29, 0.717) is 12.5 Å². The molecular formula is C17H20FNO. The fraction of sp³-hybridized carbons (Fsp3) is 0.294. The maximum absolute atomic E-state index is 12.8. The van der Waals surface area contributed by atoms with Crippen LogP contribution in [0.4, 0.5) is 10.1 Å². The molecule has 0 spiro atoms. The van der Waals surface area contributed by atoms with Crippen LogP contribution < -0.4 is 10.1 Å². The van der Waals surface area contributed by atoms with Crippen molar-refractivity contribution in [2.75, 3.05) is 12.4 Å². The lowest BCUT2D eigenvalue weighted by molar-refractivity contribution is 0.407. The summed E-state index contributed by atoms with van der Waals surface area (Å²) in [6.07, 6.45) is 0. The Hall–Kier alpha value is -2.03. The molecule has 1 N–H and O–H groups in total. The molecule has 0 radical (unpaired) electrons. The molecule has 0 saturated heterocycles. The number of nitrogens with one attached hydrogen (secondary N) is 1. The second kappa shape index (κ2) is 6.42. The predicted molar refractivity (Wildman–Crippen MR) is 80.8 cm³/mol. The molecule has 0 atom stereocenters. The van der Waals surface area contributed by atoms with Crippen LogP contribution in [0.5, 0.6) is 5.75 Å². The fourth-order valence-electron chi connectivity index (χ4n) is 2.12. The van der Waals surface area contributed by atoms with Gasteiger partial charge in [-0.1, -0.05) is 26.0 Å². The molecule has 106 valence electrons. The average Bonchev–Trinajstić information content (AvgIpc) is 2.46. The topological polar surface area (TPSA) is 21.3 Å². The van der Waals surface area contributed by atoms with Gasteiger partial charge in [-0.15, -0.1) is 0 Å². The molecule has 0 fully saturated rings. The molecule has 0 heterocycles. The van der Waals surface area contributed by atoms with Gasteiger partial charge in [0, 0.05) is 12.2 Å². The van der Waals surface area contributed by atoms with Gasteiger partial charge >= 0.3 is 0 Å². The smallest absolute Gasteiger partial charge is 0.123 e. The molecule has 20 heavy (non-hydrogen) atoms. The summed E-state index contributed by atoms with van der Waals surface area (Å²) >= 11 is 0. The molecule has 2 nitrogen and oxygen atoms in total.